The maximum Gasteiger partial charge on any atom is 0.416 e. The number of halogens is 3. The number of rotatable bonds is 3. The average Bonchev–Trinajstić information content (AvgIpc) is 3.10. The van der Waals surface area contributed by atoms with Crippen LogP contribution in [0.5, 0.6) is 0 Å². The van der Waals surface area contributed by atoms with Crippen LogP contribution in [0.2, 0.25) is 0 Å². The fraction of sp³-hybridized carbons (Fsp3) is 0.444. The summed E-state index contributed by atoms with van der Waals surface area (Å²) in [5, 5.41) is 2.61. The Morgan fingerprint density at radius 3 is 2.59 bits per heavy atom. The standard InChI is InChI=1S/C18H18F3N3O2S/c19-18(20,21)13-3-1-2-12(10-13)14-15(22-11-27-14)23-16(25)26-17-4-7-24(8-5-17)9-6-17/h1-3,10-11H,4-9H2,(H,23,25). The van der Waals surface area contributed by atoms with Crippen LogP contribution in [0.3, 0.4) is 0 Å². The zero-order valence-electron chi connectivity index (χ0n) is 14.4. The van der Waals surface area contributed by atoms with Gasteiger partial charge in [-0.25, -0.2) is 9.78 Å². The topological polar surface area (TPSA) is 54.5 Å². The van der Waals surface area contributed by atoms with Gasteiger partial charge in [0.2, 0.25) is 0 Å². The van der Waals surface area contributed by atoms with Gasteiger partial charge in [-0.15, -0.1) is 11.3 Å². The van der Waals surface area contributed by atoms with Gasteiger partial charge in [0.1, 0.15) is 5.60 Å². The number of anilines is 1. The number of thiazole rings is 1. The van der Waals surface area contributed by atoms with E-state index in [-0.39, 0.29) is 5.82 Å². The van der Waals surface area contributed by atoms with Gasteiger partial charge in [-0.1, -0.05) is 12.1 Å². The highest BCUT2D eigenvalue weighted by Gasteiger charge is 2.42. The Kier molecular flexibility index (Phi) is 4.59. The first-order chi connectivity index (χ1) is 12.8. The van der Waals surface area contributed by atoms with Gasteiger partial charge in [-0.3, -0.25) is 5.32 Å². The highest BCUT2D eigenvalue weighted by molar-refractivity contribution is 7.13. The van der Waals surface area contributed by atoms with Gasteiger partial charge in [0.05, 0.1) is 16.0 Å². The quantitative estimate of drug-likeness (QED) is 0.822. The molecular weight excluding hydrogens is 379 g/mol. The Hall–Kier alpha value is -2.13. The molecule has 3 aliphatic rings. The molecule has 2 bridgehead atoms. The van der Waals surface area contributed by atoms with Crippen LogP contribution in [0, 0.1) is 0 Å². The third kappa shape index (κ3) is 3.79. The Labute approximate surface area is 158 Å². The molecule has 1 aromatic heterocycles. The summed E-state index contributed by atoms with van der Waals surface area (Å²) < 4.78 is 44.6. The van der Waals surface area contributed by atoms with Crippen molar-refractivity contribution in [1.82, 2.24) is 9.88 Å². The van der Waals surface area contributed by atoms with Crippen molar-refractivity contribution in [2.24, 2.45) is 0 Å². The zero-order valence-corrected chi connectivity index (χ0v) is 15.2. The highest BCUT2D eigenvalue weighted by atomic mass is 32.1. The molecule has 9 heteroatoms. The number of aromatic nitrogens is 1. The molecule has 2 aromatic rings. The largest absolute Gasteiger partial charge is 0.443 e. The second-order valence-corrected chi connectivity index (χ2v) is 7.75. The summed E-state index contributed by atoms with van der Waals surface area (Å²) in [5.41, 5.74) is 0.662. The van der Waals surface area contributed by atoms with Crippen molar-refractivity contribution >= 4 is 23.2 Å². The molecule has 0 saturated carbocycles. The molecule has 1 aromatic carbocycles. The predicted octanol–water partition coefficient (Wildman–Crippen LogP) is 4.62. The number of nitrogens with one attached hydrogen (secondary N) is 1. The average molecular weight is 397 g/mol. The fourth-order valence-corrected chi connectivity index (χ4v) is 4.39. The Bertz CT molecular complexity index is 831. The molecule has 0 aliphatic carbocycles. The molecule has 5 rings (SSSR count). The molecule has 4 heterocycles. The van der Waals surface area contributed by atoms with Gasteiger partial charge in [0, 0.05) is 38.9 Å². The van der Waals surface area contributed by atoms with Crippen molar-refractivity contribution in [1.29, 1.82) is 0 Å². The van der Waals surface area contributed by atoms with E-state index in [0.717, 1.165) is 51.0 Å². The van der Waals surface area contributed by atoms with Gasteiger partial charge in [-0.2, -0.15) is 13.2 Å². The molecule has 144 valence electrons. The molecule has 1 amide bonds. The number of amides is 1. The van der Waals surface area contributed by atoms with E-state index < -0.39 is 23.4 Å². The van der Waals surface area contributed by atoms with E-state index in [1.54, 1.807) is 6.07 Å². The molecule has 0 unspecified atom stereocenters. The smallest absolute Gasteiger partial charge is 0.416 e. The lowest BCUT2D eigenvalue weighted by Crippen LogP contribution is -2.54. The summed E-state index contributed by atoms with van der Waals surface area (Å²) in [6.45, 7) is 2.75. The Balaban J connectivity index is 1.50. The molecule has 5 nitrogen and oxygen atoms in total. The van der Waals surface area contributed by atoms with Gasteiger partial charge in [0.25, 0.3) is 0 Å². The van der Waals surface area contributed by atoms with Crippen LogP contribution >= 0.6 is 11.3 Å². The molecule has 3 saturated heterocycles. The number of ether oxygens (including phenoxy) is 1. The lowest BCUT2D eigenvalue weighted by Gasteiger charge is -2.47. The number of hydrogen-bond acceptors (Lipinski definition) is 5. The van der Waals surface area contributed by atoms with Crippen molar-refractivity contribution in [3.8, 4) is 10.4 Å². The second-order valence-electron chi connectivity index (χ2n) is 6.90. The summed E-state index contributed by atoms with van der Waals surface area (Å²) in [4.78, 5) is 19.3. The van der Waals surface area contributed by atoms with Gasteiger partial charge in [-0.05, 0) is 17.7 Å². The zero-order chi connectivity index (χ0) is 19.1. The minimum Gasteiger partial charge on any atom is -0.443 e. The van der Waals surface area contributed by atoms with Crippen LogP contribution < -0.4 is 5.32 Å². The van der Waals surface area contributed by atoms with E-state index in [4.69, 9.17) is 4.74 Å². The normalized spacial score (nSPS) is 24.6. The van der Waals surface area contributed by atoms with Crippen LogP contribution in [0.1, 0.15) is 24.8 Å². The first kappa shape index (κ1) is 18.2. The van der Waals surface area contributed by atoms with E-state index >= 15 is 0 Å². The van der Waals surface area contributed by atoms with Crippen LogP contribution in [-0.2, 0) is 10.9 Å². The van der Waals surface area contributed by atoms with E-state index in [9.17, 15) is 18.0 Å². The van der Waals surface area contributed by atoms with Crippen LogP contribution in [0.25, 0.3) is 10.4 Å². The molecule has 0 radical (unpaired) electrons. The van der Waals surface area contributed by atoms with Crippen molar-refractivity contribution in [3.05, 3.63) is 35.3 Å². The number of carbonyl (C=O) groups excluding carboxylic acids is 1. The Morgan fingerprint density at radius 1 is 1.22 bits per heavy atom. The lowest BCUT2D eigenvalue weighted by molar-refractivity contribution is -0.137. The minimum absolute atomic E-state index is 0.217. The summed E-state index contributed by atoms with van der Waals surface area (Å²) in [6, 6.07) is 4.98. The first-order valence-corrected chi connectivity index (χ1v) is 9.56. The number of hydrogen-bond donors (Lipinski definition) is 1. The van der Waals surface area contributed by atoms with Crippen LogP contribution in [0.4, 0.5) is 23.8 Å². The van der Waals surface area contributed by atoms with E-state index in [1.165, 1.54) is 22.9 Å². The predicted molar refractivity (Wildman–Crippen MR) is 95.7 cm³/mol. The third-order valence-electron chi connectivity index (χ3n) is 5.20. The first-order valence-electron chi connectivity index (χ1n) is 8.68. The molecule has 3 aliphatic heterocycles. The Morgan fingerprint density at radius 2 is 1.93 bits per heavy atom. The van der Waals surface area contributed by atoms with Gasteiger partial charge in [0.15, 0.2) is 5.82 Å². The maximum atomic E-state index is 13.0. The van der Waals surface area contributed by atoms with Gasteiger partial charge >= 0.3 is 12.3 Å². The van der Waals surface area contributed by atoms with Crippen molar-refractivity contribution in [3.63, 3.8) is 0 Å². The monoisotopic (exact) mass is 397 g/mol. The van der Waals surface area contributed by atoms with Crippen molar-refractivity contribution in [2.45, 2.75) is 31.0 Å². The van der Waals surface area contributed by atoms with Gasteiger partial charge < -0.3 is 9.64 Å². The molecular formula is C18H18F3N3O2S. The van der Waals surface area contributed by atoms with E-state index in [0.29, 0.717) is 10.4 Å². The second kappa shape index (κ2) is 6.79. The van der Waals surface area contributed by atoms with Crippen molar-refractivity contribution < 1.29 is 22.7 Å². The van der Waals surface area contributed by atoms with Crippen LogP contribution in [0.15, 0.2) is 29.8 Å². The van der Waals surface area contributed by atoms with Crippen LogP contribution in [-0.4, -0.2) is 41.2 Å². The number of benzene rings is 1. The number of nitrogens with zero attached hydrogens (tertiary/aromatic N) is 2. The summed E-state index contributed by atoms with van der Waals surface area (Å²) in [5.74, 6) is 0.217. The lowest BCUT2D eigenvalue weighted by atomic mass is 9.83. The molecule has 0 spiro atoms. The SMILES string of the molecule is O=C(Nc1ncsc1-c1cccc(C(F)(F)F)c1)OC12CCN(CC1)CC2. The maximum absolute atomic E-state index is 13.0. The molecule has 3 fully saturated rings. The van der Waals surface area contributed by atoms with Crippen molar-refractivity contribution in [2.75, 3.05) is 25.0 Å². The third-order valence-corrected chi connectivity index (χ3v) is 6.08. The summed E-state index contributed by atoms with van der Waals surface area (Å²) >= 11 is 1.17. The fourth-order valence-electron chi connectivity index (χ4n) is 3.64. The summed E-state index contributed by atoms with van der Waals surface area (Å²) in [7, 11) is 0. The van der Waals surface area contributed by atoms with E-state index in [1.807, 2.05) is 0 Å². The van der Waals surface area contributed by atoms with E-state index in [2.05, 4.69) is 15.2 Å². The number of alkyl halides is 3. The number of piperidine rings is 3. The minimum atomic E-state index is -4.43. The summed E-state index contributed by atoms with van der Waals surface area (Å²) in [6.07, 6.45) is -2.62. The molecule has 27 heavy (non-hydrogen) atoms. The number of carbonyl (C=O) groups is 1. The highest BCUT2D eigenvalue weighted by Crippen LogP contribution is 2.38. The number of fused-ring (bicyclic) bond motifs is 3. The molecule has 0 atom stereocenters. The molecule has 1 N–H and O–H groups in total.